The Morgan fingerprint density at radius 2 is 1.94 bits per heavy atom. The van der Waals surface area contributed by atoms with Crippen LogP contribution in [0.4, 0.5) is 17.6 Å². The lowest BCUT2D eigenvalue weighted by Gasteiger charge is -2.09. The zero-order valence-electron chi connectivity index (χ0n) is 18.8. The van der Waals surface area contributed by atoms with Crippen molar-refractivity contribution in [1.82, 2.24) is 15.1 Å². The summed E-state index contributed by atoms with van der Waals surface area (Å²) < 4.78 is 55.7. The molecule has 188 valence electrons. The van der Waals surface area contributed by atoms with Crippen molar-refractivity contribution in [3.63, 3.8) is 0 Å². The highest BCUT2D eigenvalue weighted by Crippen LogP contribution is 2.36. The van der Waals surface area contributed by atoms with Crippen LogP contribution in [0.25, 0.3) is 15.8 Å². The van der Waals surface area contributed by atoms with E-state index in [2.05, 4.69) is 10.4 Å². The second-order valence-corrected chi connectivity index (χ2v) is 9.16. The van der Waals surface area contributed by atoms with Crippen LogP contribution in [0.1, 0.15) is 37.7 Å². The minimum Gasteiger partial charge on any atom is -0.390 e. The number of carbonyl (C=O) groups is 2. The molecule has 12 heteroatoms. The van der Waals surface area contributed by atoms with E-state index in [0.717, 1.165) is 12.1 Å². The second kappa shape index (κ2) is 9.70. The van der Waals surface area contributed by atoms with E-state index in [0.29, 0.717) is 20.8 Å². The quantitative estimate of drug-likeness (QED) is 0.322. The van der Waals surface area contributed by atoms with Gasteiger partial charge in [0.1, 0.15) is 5.82 Å². The van der Waals surface area contributed by atoms with E-state index in [4.69, 9.17) is 5.73 Å². The fourth-order valence-electron chi connectivity index (χ4n) is 3.91. The number of hydrogen-bond donors (Lipinski definition) is 3. The van der Waals surface area contributed by atoms with Crippen molar-refractivity contribution in [2.24, 2.45) is 5.73 Å². The smallest absolute Gasteiger partial charge is 0.390 e. The van der Waals surface area contributed by atoms with Gasteiger partial charge in [-0.05, 0) is 36.8 Å². The number of primary amides is 1. The Morgan fingerprint density at radius 1 is 1.19 bits per heavy atom. The first-order valence-electron chi connectivity index (χ1n) is 10.6. The van der Waals surface area contributed by atoms with Crippen molar-refractivity contribution in [3.8, 4) is 5.69 Å². The number of nitrogens with two attached hydrogens (primary N) is 1. The maximum atomic E-state index is 14.7. The first-order chi connectivity index (χ1) is 17.0. The van der Waals surface area contributed by atoms with Crippen LogP contribution >= 0.6 is 11.3 Å². The molecule has 0 saturated carbocycles. The maximum absolute atomic E-state index is 14.7. The Hall–Kier alpha value is -3.77. The SMILES string of the molecule is Cc1nn(-c2ccc(F)c3cc(Cc4cccc(C(F)(F)F)c4)sc23)c(CO)c1C(=O)NCC(N)=O. The number of aromatic nitrogens is 2. The summed E-state index contributed by atoms with van der Waals surface area (Å²) in [6.07, 6.45) is -4.33. The Balaban J connectivity index is 1.77. The van der Waals surface area contributed by atoms with Gasteiger partial charge in [-0.1, -0.05) is 18.2 Å². The highest BCUT2D eigenvalue weighted by atomic mass is 32.1. The number of thiophene rings is 1. The number of aliphatic hydroxyl groups excluding tert-OH is 1. The van der Waals surface area contributed by atoms with Gasteiger partial charge >= 0.3 is 6.18 Å². The number of alkyl halides is 3. The molecule has 0 bridgehead atoms. The number of benzene rings is 2. The Labute approximate surface area is 206 Å². The molecule has 0 spiro atoms. The lowest BCUT2D eigenvalue weighted by atomic mass is 10.1. The van der Waals surface area contributed by atoms with Gasteiger partial charge in [0, 0.05) is 16.7 Å². The van der Waals surface area contributed by atoms with E-state index in [1.165, 1.54) is 34.2 Å². The Kier molecular flexibility index (Phi) is 6.83. The predicted octanol–water partition coefficient (Wildman–Crippen LogP) is 3.85. The van der Waals surface area contributed by atoms with Crippen LogP contribution in [0.5, 0.6) is 0 Å². The fourth-order valence-corrected chi connectivity index (χ4v) is 5.11. The highest BCUT2D eigenvalue weighted by molar-refractivity contribution is 7.19. The van der Waals surface area contributed by atoms with Crippen LogP contribution in [0, 0.1) is 12.7 Å². The van der Waals surface area contributed by atoms with Gasteiger partial charge in [-0.15, -0.1) is 11.3 Å². The van der Waals surface area contributed by atoms with E-state index in [-0.39, 0.29) is 28.8 Å². The number of aliphatic hydroxyl groups is 1. The minimum absolute atomic E-state index is 0.0528. The van der Waals surface area contributed by atoms with Crippen molar-refractivity contribution in [1.29, 1.82) is 0 Å². The summed E-state index contributed by atoms with van der Waals surface area (Å²) in [4.78, 5) is 24.2. The molecule has 0 unspecified atom stereocenters. The molecule has 4 rings (SSSR count). The van der Waals surface area contributed by atoms with Crippen LogP contribution < -0.4 is 11.1 Å². The molecule has 0 atom stereocenters. The molecule has 0 saturated heterocycles. The number of aryl methyl sites for hydroxylation is 1. The number of rotatable bonds is 7. The molecular formula is C24H20F4N4O3S. The largest absolute Gasteiger partial charge is 0.416 e. The van der Waals surface area contributed by atoms with Gasteiger partial charge in [-0.25, -0.2) is 9.07 Å². The molecule has 2 heterocycles. The van der Waals surface area contributed by atoms with Crippen LogP contribution in [-0.2, 0) is 24.0 Å². The summed E-state index contributed by atoms with van der Waals surface area (Å²) in [6.45, 7) is 0.559. The molecule has 0 aliphatic carbocycles. The van der Waals surface area contributed by atoms with Crippen molar-refractivity contribution < 1.29 is 32.3 Å². The third kappa shape index (κ3) is 4.95. The lowest BCUT2D eigenvalue weighted by molar-refractivity contribution is -0.137. The van der Waals surface area contributed by atoms with E-state index in [9.17, 15) is 32.3 Å². The van der Waals surface area contributed by atoms with E-state index < -0.39 is 42.5 Å². The third-order valence-electron chi connectivity index (χ3n) is 5.48. The number of carbonyl (C=O) groups excluding carboxylic acids is 2. The van der Waals surface area contributed by atoms with Gasteiger partial charge in [0.15, 0.2) is 0 Å². The van der Waals surface area contributed by atoms with Crippen LogP contribution in [0.15, 0.2) is 42.5 Å². The van der Waals surface area contributed by atoms with Gasteiger partial charge in [0.25, 0.3) is 5.91 Å². The molecule has 2 amide bonds. The minimum atomic E-state index is -4.48. The first-order valence-corrected chi connectivity index (χ1v) is 11.4. The van der Waals surface area contributed by atoms with E-state index >= 15 is 0 Å². The summed E-state index contributed by atoms with van der Waals surface area (Å²) >= 11 is 1.17. The zero-order valence-corrected chi connectivity index (χ0v) is 19.6. The predicted molar refractivity (Wildman–Crippen MR) is 125 cm³/mol. The van der Waals surface area contributed by atoms with E-state index in [1.807, 2.05) is 0 Å². The number of nitrogens with zero attached hydrogens (tertiary/aromatic N) is 2. The Bertz CT molecular complexity index is 1480. The standard InChI is InChI=1S/C24H20F4N4O3S/c1-12-21(23(35)30-10-20(29)34)19(11-33)32(31-12)18-6-5-17(25)16-9-15(36-22(16)18)8-13-3-2-4-14(7-13)24(26,27)28/h2-7,9,33H,8,10-11H2,1H3,(H2,29,34)(H,30,35). The number of hydrogen-bond acceptors (Lipinski definition) is 5. The summed E-state index contributed by atoms with van der Waals surface area (Å²) in [5.74, 6) is -1.93. The van der Waals surface area contributed by atoms with Crippen molar-refractivity contribution >= 4 is 33.2 Å². The lowest BCUT2D eigenvalue weighted by Crippen LogP contribution is -2.34. The number of nitrogens with one attached hydrogen (secondary N) is 1. The van der Waals surface area contributed by atoms with Gasteiger partial charge < -0.3 is 16.2 Å². The molecule has 0 aliphatic rings. The van der Waals surface area contributed by atoms with Crippen LogP contribution in [-0.4, -0.2) is 33.2 Å². The molecule has 0 radical (unpaired) electrons. The maximum Gasteiger partial charge on any atom is 0.416 e. The molecule has 0 aliphatic heterocycles. The molecule has 4 N–H and O–H groups in total. The van der Waals surface area contributed by atoms with E-state index in [1.54, 1.807) is 19.1 Å². The van der Waals surface area contributed by atoms with Crippen molar-refractivity contribution in [2.45, 2.75) is 26.1 Å². The summed E-state index contributed by atoms with van der Waals surface area (Å²) in [6, 6.07) is 9.15. The van der Waals surface area contributed by atoms with Gasteiger partial charge in [-0.3, -0.25) is 9.59 Å². The molecule has 7 nitrogen and oxygen atoms in total. The first kappa shape index (κ1) is 25.3. The topological polar surface area (TPSA) is 110 Å². The monoisotopic (exact) mass is 520 g/mol. The number of fused-ring (bicyclic) bond motifs is 1. The average molecular weight is 521 g/mol. The van der Waals surface area contributed by atoms with Crippen molar-refractivity contribution in [2.75, 3.05) is 6.54 Å². The molecule has 2 aromatic heterocycles. The highest BCUT2D eigenvalue weighted by Gasteiger charge is 2.30. The summed E-state index contributed by atoms with van der Waals surface area (Å²) in [5, 5.41) is 17.0. The molecule has 36 heavy (non-hydrogen) atoms. The van der Waals surface area contributed by atoms with Crippen LogP contribution in [0.2, 0.25) is 0 Å². The molecular weight excluding hydrogens is 500 g/mol. The zero-order chi connectivity index (χ0) is 26.2. The van der Waals surface area contributed by atoms with Crippen LogP contribution in [0.3, 0.4) is 0 Å². The molecule has 0 fully saturated rings. The average Bonchev–Trinajstić information content (AvgIpc) is 3.38. The number of amides is 2. The van der Waals surface area contributed by atoms with Gasteiger partial charge in [-0.2, -0.15) is 18.3 Å². The van der Waals surface area contributed by atoms with Gasteiger partial charge in [0.2, 0.25) is 5.91 Å². The third-order valence-corrected chi connectivity index (χ3v) is 6.64. The summed E-state index contributed by atoms with van der Waals surface area (Å²) in [7, 11) is 0. The normalized spacial score (nSPS) is 11.7. The molecule has 4 aromatic rings. The van der Waals surface area contributed by atoms with Crippen molar-refractivity contribution in [3.05, 3.63) is 81.2 Å². The van der Waals surface area contributed by atoms with Gasteiger partial charge in [0.05, 0.1) is 46.1 Å². The Morgan fingerprint density at radius 3 is 2.61 bits per heavy atom. The number of halogens is 4. The molecule has 2 aromatic carbocycles. The summed E-state index contributed by atoms with van der Waals surface area (Å²) in [5.41, 5.74) is 5.54. The second-order valence-electron chi connectivity index (χ2n) is 8.02. The fraction of sp³-hybridized carbons (Fsp3) is 0.208.